The summed E-state index contributed by atoms with van der Waals surface area (Å²) < 4.78 is 5.42. The Kier molecular flexibility index (Phi) is 3.71. The number of nitrogens with one attached hydrogen (secondary N) is 2. The largest absolute Gasteiger partial charge is 0.479 e. The summed E-state index contributed by atoms with van der Waals surface area (Å²) in [4.78, 5) is 23.1. The van der Waals surface area contributed by atoms with Crippen molar-refractivity contribution in [2.24, 2.45) is 5.73 Å². The molecule has 6 nitrogen and oxygen atoms in total. The molecule has 0 spiro atoms. The van der Waals surface area contributed by atoms with Crippen molar-refractivity contribution in [2.45, 2.75) is 32.4 Å². The molecule has 0 saturated heterocycles. The van der Waals surface area contributed by atoms with Gasteiger partial charge >= 0.3 is 0 Å². The molecule has 102 valence electrons. The normalized spacial score (nSPS) is 18.9. The van der Waals surface area contributed by atoms with E-state index in [1.54, 1.807) is 32.0 Å². The molecule has 4 N–H and O–H groups in total. The van der Waals surface area contributed by atoms with Crippen LogP contribution in [0.25, 0.3) is 0 Å². The van der Waals surface area contributed by atoms with Crippen molar-refractivity contribution in [3.8, 4) is 5.75 Å². The first kappa shape index (κ1) is 13.4. The lowest BCUT2D eigenvalue weighted by Crippen LogP contribution is -2.34. The number of fused-ring (bicyclic) bond motifs is 1. The van der Waals surface area contributed by atoms with E-state index >= 15 is 0 Å². The van der Waals surface area contributed by atoms with Gasteiger partial charge in [-0.1, -0.05) is 0 Å². The summed E-state index contributed by atoms with van der Waals surface area (Å²) in [6.07, 6.45) is -0.261. The van der Waals surface area contributed by atoms with E-state index in [1.165, 1.54) is 0 Å². The maximum atomic E-state index is 11.6. The van der Waals surface area contributed by atoms with Crippen molar-refractivity contribution in [2.75, 3.05) is 10.6 Å². The summed E-state index contributed by atoms with van der Waals surface area (Å²) in [5.74, 6) is 0.232. The van der Waals surface area contributed by atoms with Crippen LogP contribution in [0.5, 0.6) is 5.75 Å². The van der Waals surface area contributed by atoms with Gasteiger partial charge < -0.3 is 21.1 Å². The SMILES string of the molecule is CC(N)CC(=O)Nc1ccc2c(c1)NC(=O)C(C)O2. The summed E-state index contributed by atoms with van der Waals surface area (Å²) in [5.41, 5.74) is 6.71. The van der Waals surface area contributed by atoms with Gasteiger partial charge in [0.05, 0.1) is 5.69 Å². The minimum atomic E-state index is -0.508. The van der Waals surface area contributed by atoms with Gasteiger partial charge in [0.1, 0.15) is 5.75 Å². The van der Waals surface area contributed by atoms with Crippen molar-refractivity contribution >= 4 is 23.2 Å². The number of nitrogens with two attached hydrogens (primary N) is 1. The summed E-state index contributed by atoms with van der Waals surface area (Å²) >= 11 is 0. The van der Waals surface area contributed by atoms with E-state index in [2.05, 4.69) is 10.6 Å². The first-order valence-corrected chi connectivity index (χ1v) is 6.12. The lowest BCUT2D eigenvalue weighted by molar-refractivity contribution is -0.122. The fourth-order valence-corrected chi connectivity index (χ4v) is 1.79. The number of amides is 2. The van der Waals surface area contributed by atoms with Crippen LogP contribution in [0.2, 0.25) is 0 Å². The van der Waals surface area contributed by atoms with E-state index < -0.39 is 6.10 Å². The Labute approximate surface area is 111 Å². The van der Waals surface area contributed by atoms with Gasteiger partial charge in [0.25, 0.3) is 5.91 Å². The highest BCUT2D eigenvalue weighted by molar-refractivity contribution is 5.99. The topological polar surface area (TPSA) is 93.5 Å². The molecule has 2 rings (SSSR count). The van der Waals surface area contributed by atoms with Crippen molar-refractivity contribution in [3.05, 3.63) is 18.2 Å². The first-order valence-electron chi connectivity index (χ1n) is 6.12. The third-order valence-electron chi connectivity index (χ3n) is 2.70. The summed E-state index contributed by atoms with van der Waals surface area (Å²) in [5, 5.41) is 5.45. The molecule has 6 heteroatoms. The molecule has 0 bridgehead atoms. The third-order valence-corrected chi connectivity index (χ3v) is 2.70. The quantitative estimate of drug-likeness (QED) is 0.760. The van der Waals surface area contributed by atoms with Gasteiger partial charge in [0.2, 0.25) is 5.91 Å². The molecule has 0 aromatic heterocycles. The molecule has 0 aliphatic carbocycles. The first-order chi connectivity index (χ1) is 8.95. The molecular formula is C13H17N3O3. The Bertz CT molecular complexity index is 514. The Morgan fingerprint density at radius 3 is 3.00 bits per heavy atom. The average Bonchev–Trinajstić information content (AvgIpc) is 2.30. The molecule has 0 radical (unpaired) electrons. The Morgan fingerprint density at radius 1 is 1.58 bits per heavy atom. The highest BCUT2D eigenvalue weighted by Crippen LogP contribution is 2.32. The average molecular weight is 263 g/mol. The predicted molar refractivity (Wildman–Crippen MR) is 72.1 cm³/mol. The number of hydrogen-bond acceptors (Lipinski definition) is 4. The van der Waals surface area contributed by atoms with E-state index in [1.807, 2.05) is 0 Å². The van der Waals surface area contributed by atoms with Gasteiger partial charge in [0, 0.05) is 18.2 Å². The summed E-state index contributed by atoms with van der Waals surface area (Å²) in [7, 11) is 0. The van der Waals surface area contributed by atoms with Crippen molar-refractivity contribution in [1.82, 2.24) is 0 Å². The Hall–Kier alpha value is -2.08. The van der Waals surface area contributed by atoms with Crippen LogP contribution in [0.15, 0.2) is 18.2 Å². The predicted octanol–water partition coefficient (Wildman–Crippen LogP) is 1.08. The smallest absolute Gasteiger partial charge is 0.265 e. The van der Waals surface area contributed by atoms with Gasteiger partial charge in [-0.25, -0.2) is 0 Å². The number of carbonyl (C=O) groups is 2. The second-order valence-electron chi connectivity index (χ2n) is 4.69. The zero-order valence-corrected chi connectivity index (χ0v) is 10.9. The molecule has 2 atom stereocenters. The van der Waals surface area contributed by atoms with E-state index in [4.69, 9.17) is 10.5 Å². The van der Waals surface area contributed by atoms with Gasteiger partial charge in [-0.05, 0) is 32.0 Å². The molecule has 1 aromatic carbocycles. The lowest BCUT2D eigenvalue weighted by atomic mass is 10.2. The van der Waals surface area contributed by atoms with Crippen LogP contribution in [-0.2, 0) is 9.59 Å². The minimum Gasteiger partial charge on any atom is -0.479 e. The van der Waals surface area contributed by atoms with Gasteiger partial charge in [-0.2, -0.15) is 0 Å². The van der Waals surface area contributed by atoms with Crippen molar-refractivity contribution < 1.29 is 14.3 Å². The second-order valence-corrected chi connectivity index (χ2v) is 4.69. The van der Waals surface area contributed by atoms with Crippen LogP contribution >= 0.6 is 0 Å². The van der Waals surface area contributed by atoms with Crippen LogP contribution in [0.3, 0.4) is 0 Å². The summed E-state index contributed by atoms with van der Waals surface area (Å²) in [6, 6.07) is 4.91. The van der Waals surface area contributed by atoms with E-state index in [9.17, 15) is 9.59 Å². The summed E-state index contributed by atoms with van der Waals surface area (Å²) in [6.45, 7) is 3.44. The van der Waals surface area contributed by atoms with Crippen molar-refractivity contribution in [3.63, 3.8) is 0 Å². The molecule has 1 aromatic rings. The number of carbonyl (C=O) groups excluding carboxylic acids is 2. The minimum absolute atomic E-state index is 0.161. The molecule has 1 aliphatic heterocycles. The number of benzene rings is 1. The van der Waals surface area contributed by atoms with E-state index in [-0.39, 0.29) is 24.3 Å². The molecule has 2 unspecified atom stereocenters. The van der Waals surface area contributed by atoms with Crippen molar-refractivity contribution in [1.29, 1.82) is 0 Å². The molecule has 2 amide bonds. The standard InChI is InChI=1S/C13H17N3O3/c1-7(14)5-12(17)15-9-3-4-11-10(6-9)16-13(18)8(2)19-11/h3-4,6-8H,5,14H2,1-2H3,(H,15,17)(H,16,18). The molecule has 0 saturated carbocycles. The monoisotopic (exact) mass is 263 g/mol. The highest BCUT2D eigenvalue weighted by Gasteiger charge is 2.23. The number of ether oxygens (including phenoxy) is 1. The Morgan fingerprint density at radius 2 is 2.32 bits per heavy atom. The second kappa shape index (κ2) is 5.27. The number of hydrogen-bond donors (Lipinski definition) is 3. The lowest BCUT2D eigenvalue weighted by Gasteiger charge is -2.23. The van der Waals surface area contributed by atoms with Gasteiger partial charge in [-0.15, -0.1) is 0 Å². The van der Waals surface area contributed by atoms with E-state index in [0.29, 0.717) is 17.1 Å². The molecule has 19 heavy (non-hydrogen) atoms. The van der Waals surface area contributed by atoms with Crippen LogP contribution in [-0.4, -0.2) is 24.0 Å². The van der Waals surface area contributed by atoms with E-state index in [0.717, 1.165) is 0 Å². The molecular weight excluding hydrogens is 246 g/mol. The van der Waals surface area contributed by atoms with Crippen LogP contribution in [0, 0.1) is 0 Å². The van der Waals surface area contributed by atoms with Crippen LogP contribution in [0.1, 0.15) is 20.3 Å². The van der Waals surface area contributed by atoms with Crippen LogP contribution in [0.4, 0.5) is 11.4 Å². The molecule has 0 fully saturated rings. The zero-order valence-electron chi connectivity index (χ0n) is 10.9. The highest BCUT2D eigenvalue weighted by atomic mass is 16.5. The maximum Gasteiger partial charge on any atom is 0.265 e. The van der Waals surface area contributed by atoms with Crippen LogP contribution < -0.4 is 21.1 Å². The van der Waals surface area contributed by atoms with Gasteiger partial charge in [0.15, 0.2) is 6.10 Å². The van der Waals surface area contributed by atoms with Gasteiger partial charge in [-0.3, -0.25) is 9.59 Å². The number of anilines is 2. The fraction of sp³-hybridized carbons (Fsp3) is 0.385. The third kappa shape index (κ3) is 3.23. The number of rotatable bonds is 3. The fourth-order valence-electron chi connectivity index (χ4n) is 1.79. The molecule has 1 aliphatic rings. The Balaban J connectivity index is 2.11. The molecule has 1 heterocycles. The zero-order chi connectivity index (χ0) is 14.0. The maximum absolute atomic E-state index is 11.6.